The maximum Gasteiger partial charge on any atom is 0.124 e. The highest BCUT2D eigenvalue weighted by molar-refractivity contribution is 6.31. The van der Waals surface area contributed by atoms with Gasteiger partial charge in [0.05, 0.1) is 7.11 Å². The first-order valence-corrected chi connectivity index (χ1v) is 6.79. The van der Waals surface area contributed by atoms with Crippen molar-refractivity contribution >= 4 is 11.6 Å². The fourth-order valence-corrected chi connectivity index (χ4v) is 2.89. The maximum atomic E-state index is 9.30. The number of halogens is 1. The van der Waals surface area contributed by atoms with Crippen molar-refractivity contribution in [3.63, 3.8) is 0 Å². The third-order valence-electron chi connectivity index (χ3n) is 3.73. The van der Waals surface area contributed by atoms with E-state index in [0.717, 1.165) is 29.2 Å². The molecule has 0 aliphatic heterocycles. The smallest absolute Gasteiger partial charge is 0.124 e. The summed E-state index contributed by atoms with van der Waals surface area (Å²) in [6.07, 6.45) is 3.41. The third kappa shape index (κ3) is 2.97. The highest BCUT2D eigenvalue weighted by Crippen LogP contribution is 2.29. The Kier molecular flexibility index (Phi) is 4.87. The van der Waals surface area contributed by atoms with Crippen LogP contribution in [0.2, 0.25) is 5.02 Å². The Morgan fingerprint density at radius 2 is 2.28 bits per heavy atom. The van der Waals surface area contributed by atoms with E-state index in [2.05, 4.69) is 5.32 Å². The van der Waals surface area contributed by atoms with E-state index in [-0.39, 0.29) is 6.61 Å². The van der Waals surface area contributed by atoms with Gasteiger partial charge in [0.2, 0.25) is 0 Å². The third-order valence-corrected chi connectivity index (χ3v) is 4.08. The molecule has 1 aromatic rings. The number of hydrogen-bond acceptors (Lipinski definition) is 3. The van der Waals surface area contributed by atoms with Crippen LogP contribution in [0.25, 0.3) is 0 Å². The highest BCUT2D eigenvalue weighted by atomic mass is 35.5. The van der Waals surface area contributed by atoms with E-state index in [1.165, 1.54) is 6.42 Å². The van der Waals surface area contributed by atoms with Crippen LogP contribution in [0.15, 0.2) is 18.2 Å². The van der Waals surface area contributed by atoms with Crippen LogP contribution in [-0.2, 0) is 6.54 Å². The second-order valence-corrected chi connectivity index (χ2v) is 5.19. The molecule has 3 nitrogen and oxygen atoms in total. The van der Waals surface area contributed by atoms with Gasteiger partial charge >= 0.3 is 0 Å². The summed E-state index contributed by atoms with van der Waals surface area (Å²) in [7, 11) is 1.65. The van der Waals surface area contributed by atoms with Gasteiger partial charge in [-0.05, 0) is 30.9 Å². The number of benzene rings is 1. The van der Waals surface area contributed by atoms with Crippen molar-refractivity contribution in [1.82, 2.24) is 5.32 Å². The first kappa shape index (κ1) is 13.7. The molecule has 1 aromatic carbocycles. The standard InChI is InChI=1S/C14H20ClNO2/c1-18-14-7-3-5-12(15)11(14)8-16-13-6-2-4-10(13)9-17/h3,5,7,10,13,16-17H,2,4,6,8-9H2,1H3. The van der Waals surface area contributed by atoms with Crippen LogP contribution in [0.3, 0.4) is 0 Å². The van der Waals surface area contributed by atoms with Crippen molar-refractivity contribution in [2.24, 2.45) is 5.92 Å². The van der Waals surface area contributed by atoms with Crippen molar-refractivity contribution in [3.8, 4) is 5.75 Å². The molecule has 1 saturated carbocycles. The molecule has 1 aliphatic rings. The van der Waals surface area contributed by atoms with Gasteiger partial charge in [0.1, 0.15) is 5.75 Å². The van der Waals surface area contributed by atoms with Gasteiger partial charge in [-0.3, -0.25) is 0 Å². The summed E-state index contributed by atoms with van der Waals surface area (Å²) in [5, 5.41) is 13.5. The summed E-state index contributed by atoms with van der Waals surface area (Å²) in [5.74, 6) is 1.19. The average Bonchev–Trinajstić information content (AvgIpc) is 2.84. The van der Waals surface area contributed by atoms with Crippen LogP contribution in [0, 0.1) is 5.92 Å². The summed E-state index contributed by atoms with van der Waals surface area (Å²) in [4.78, 5) is 0. The monoisotopic (exact) mass is 269 g/mol. The van der Waals surface area contributed by atoms with E-state index in [1.54, 1.807) is 7.11 Å². The lowest BCUT2D eigenvalue weighted by atomic mass is 10.0. The molecular formula is C14H20ClNO2. The van der Waals surface area contributed by atoms with E-state index < -0.39 is 0 Å². The molecule has 1 fully saturated rings. The van der Waals surface area contributed by atoms with Gasteiger partial charge < -0.3 is 15.2 Å². The van der Waals surface area contributed by atoms with Crippen molar-refractivity contribution in [1.29, 1.82) is 0 Å². The van der Waals surface area contributed by atoms with Gasteiger partial charge in [0, 0.05) is 29.8 Å². The van der Waals surface area contributed by atoms with Gasteiger partial charge in [-0.2, -0.15) is 0 Å². The Morgan fingerprint density at radius 3 is 3.00 bits per heavy atom. The van der Waals surface area contributed by atoms with Crippen LogP contribution < -0.4 is 10.1 Å². The lowest BCUT2D eigenvalue weighted by molar-refractivity contribution is 0.205. The van der Waals surface area contributed by atoms with Crippen LogP contribution in [0.1, 0.15) is 24.8 Å². The Balaban J connectivity index is 2.01. The molecule has 1 aliphatic carbocycles. The molecule has 0 heterocycles. The fraction of sp³-hybridized carbons (Fsp3) is 0.571. The van der Waals surface area contributed by atoms with Gasteiger partial charge in [0.25, 0.3) is 0 Å². The number of aliphatic hydroxyl groups excluding tert-OH is 1. The number of aliphatic hydroxyl groups is 1. The predicted octanol–water partition coefficient (Wildman–Crippen LogP) is 2.60. The Bertz CT molecular complexity index is 397. The lowest BCUT2D eigenvalue weighted by Crippen LogP contribution is -2.33. The number of ether oxygens (including phenoxy) is 1. The zero-order valence-electron chi connectivity index (χ0n) is 10.7. The first-order valence-electron chi connectivity index (χ1n) is 6.42. The second kappa shape index (κ2) is 6.41. The fourth-order valence-electron chi connectivity index (χ4n) is 2.66. The molecule has 4 heteroatoms. The van der Waals surface area contributed by atoms with Crippen molar-refractivity contribution < 1.29 is 9.84 Å². The Hall–Kier alpha value is -0.770. The van der Waals surface area contributed by atoms with Crippen LogP contribution in [0.5, 0.6) is 5.75 Å². The minimum absolute atomic E-state index is 0.261. The minimum Gasteiger partial charge on any atom is -0.496 e. The molecule has 0 saturated heterocycles. The molecule has 2 unspecified atom stereocenters. The summed E-state index contributed by atoms with van der Waals surface area (Å²) < 4.78 is 5.32. The molecule has 2 N–H and O–H groups in total. The summed E-state index contributed by atoms with van der Waals surface area (Å²) in [5.41, 5.74) is 0.991. The Labute approximate surface area is 113 Å². The maximum absolute atomic E-state index is 9.30. The van der Waals surface area contributed by atoms with Crippen molar-refractivity contribution in [3.05, 3.63) is 28.8 Å². The molecule has 0 bridgehead atoms. The zero-order valence-corrected chi connectivity index (χ0v) is 11.4. The largest absolute Gasteiger partial charge is 0.496 e. The molecule has 2 atom stereocenters. The molecule has 0 spiro atoms. The van der Waals surface area contributed by atoms with Crippen molar-refractivity contribution in [2.75, 3.05) is 13.7 Å². The van der Waals surface area contributed by atoms with E-state index in [0.29, 0.717) is 18.5 Å². The second-order valence-electron chi connectivity index (χ2n) is 4.78. The van der Waals surface area contributed by atoms with E-state index >= 15 is 0 Å². The predicted molar refractivity (Wildman–Crippen MR) is 73.1 cm³/mol. The normalized spacial score (nSPS) is 23.3. The summed E-state index contributed by atoms with van der Waals surface area (Å²) in [6, 6.07) is 6.06. The lowest BCUT2D eigenvalue weighted by Gasteiger charge is -2.20. The molecule has 0 aromatic heterocycles. The number of rotatable bonds is 5. The number of methoxy groups -OCH3 is 1. The summed E-state index contributed by atoms with van der Waals surface area (Å²) in [6.45, 7) is 0.946. The van der Waals surface area contributed by atoms with Crippen LogP contribution in [-0.4, -0.2) is 24.9 Å². The number of nitrogens with one attached hydrogen (secondary N) is 1. The van der Waals surface area contributed by atoms with Gasteiger partial charge in [-0.1, -0.05) is 24.1 Å². The molecule has 2 rings (SSSR count). The van der Waals surface area contributed by atoms with E-state index in [9.17, 15) is 5.11 Å². The van der Waals surface area contributed by atoms with Crippen LogP contribution >= 0.6 is 11.6 Å². The zero-order chi connectivity index (χ0) is 13.0. The molecule has 100 valence electrons. The molecular weight excluding hydrogens is 250 g/mol. The Morgan fingerprint density at radius 1 is 1.44 bits per heavy atom. The molecule has 0 radical (unpaired) electrons. The number of hydrogen-bond donors (Lipinski definition) is 2. The first-order chi connectivity index (χ1) is 8.76. The quantitative estimate of drug-likeness (QED) is 0.863. The average molecular weight is 270 g/mol. The van der Waals surface area contributed by atoms with Crippen LogP contribution in [0.4, 0.5) is 0 Å². The molecule has 18 heavy (non-hydrogen) atoms. The highest BCUT2D eigenvalue weighted by Gasteiger charge is 2.26. The molecule has 0 amide bonds. The SMILES string of the molecule is COc1cccc(Cl)c1CNC1CCCC1CO. The van der Waals surface area contributed by atoms with Crippen molar-refractivity contribution in [2.45, 2.75) is 31.8 Å². The van der Waals surface area contributed by atoms with E-state index in [4.69, 9.17) is 16.3 Å². The topological polar surface area (TPSA) is 41.5 Å². The minimum atomic E-state index is 0.261. The van der Waals surface area contributed by atoms with Gasteiger partial charge in [-0.15, -0.1) is 0 Å². The van der Waals surface area contributed by atoms with Gasteiger partial charge in [-0.25, -0.2) is 0 Å². The van der Waals surface area contributed by atoms with E-state index in [1.807, 2.05) is 18.2 Å². The van der Waals surface area contributed by atoms with Gasteiger partial charge in [0.15, 0.2) is 0 Å². The summed E-state index contributed by atoms with van der Waals surface area (Å²) >= 11 is 6.19.